The molecule has 0 unspecified atom stereocenters. The zero-order chi connectivity index (χ0) is 12.2. The Kier molecular flexibility index (Phi) is 7.38. The van der Waals surface area contributed by atoms with Crippen LogP contribution >= 0.6 is 23.4 Å². The first-order valence-electron chi connectivity index (χ1n) is 2.91. The molecule has 0 aliphatic carbocycles. The Morgan fingerprint density at radius 1 is 1.00 bits per heavy atom. The molecule has 0 spiro atoms. The van der Waals surface area contributed by atoms with E-state index in [4.69, 9.17) is 33.9 Å². The molecule has 0 fully saturated rings. The van der Waals surface area contributed by atoms with Gasteiger partial charge in [0, 0.05) is 0 Å². The van der Waals surface area contributed by atoms with Gasteiger partial charge in [-0.05, 0) is 6.92 Å². The van der Waals surface area contributed by atoms with Crippen molar-refractivity contribution in [2.45, 2.75) is 12.3 Å². The molecule has 0 aromatic rings. The molecule has 0 amide bonds. The van der Waals surface area contributed by atoms with Crippen molar-refractivity contribution in [2.75, 3.05) is 0 Å². The summed E-state index contributed by atoms with van der Waals surface area (Å²) in [5.41, 5.74) is 0. The van der Waals surface area contributed by atoms with Crippen LogP contribution in [0.1, 0.15) is 6.92 Å². The molecule has 0 bridgehead atoms. The highest BCUT2D eigenvalue weighted by Crippen LogP contribution is 2.59. The predicted molar refractivity (Wildman–Crippen MR) is 47.0 cm³/mol. The number of rotatable bonds is 2. The van der Waals surface area contributed by atoms with Crippen LogP contribution in [0.15, 0.2) is 0 Å². The van der Waals surface area contributed by atoms with Gasteiger partial charge in [-0.25, -0.2) is 0 Å². The normalized spacial score (nSPS) is 12.6. The monoisotopic (exact) mass is 272 g/mol. The van der Waals surface area contributed by atoms with Crippen LogP contribution in [0.4, 0.5) is 0 Å². The standard InChI is InChI=1S/C2H8O6P2.H3O3P/c1-2(9(3,4)5)10(6,7)8;1-4(2)3/h2H,1H3,(H2,3,4,5)(H2,6,7,8);4H,(H2,1,2,3). The predicted octanol–water partition coefficient (Wildman–Crippen LogP) is -0.952. The van der Waals surface area contributed by atoms with Crippen LogP contribution in [0.2, 0.25) is 0 Å². The first-order valence-corrected chi connectivity index (χ1v) is 7.58. The van der Waals surface area contributed by atoms with E-state index in [1.807, 2.05) is 0 Å². The second-order valence-corrected chi connectivity index (χ2v) is 6.97. The second kappa shape index (κ2) is 6.12. The molecule has 14 heavy (non-hydrogen) atoms. The minimum absolute atomic E-state index is 0.807. The maximum atomic E-state index is 10.2. The van der Waals surface area contributed by atoms with E-state index >= 15 is 0 Å². The van der Waals surface area contributed by atoms with Crippen LogP contribution in [0, 0.1) is 0 Å². The zero-order valence-electron chi connectivity index (χ0n) is 6.88. The van der Waals surface area contributed by atoms with Crippen LogP contribution in [-0.4, -0.2) is 34.8 Å². The van der Waals surface area contributed by atoms with Crippen molar-refractivity contribution in [2.24, 2.45) is 0 Å². The average Bonchev–Trinajstić information content (AvgIpc) is 1.80. The molecule has 0 radical (unpaired) electrons. The van der Waals surface area contributed by atoms with Gasteiger partial charge in [0.15, 0.2) is 5.40 Å². The van der Waals surface area contributed by atoms with Crippen LogP contribution in [0.5, 0.6) is 0 Å². The highest BCUT2D eigenvalue weighted by molar-refractivity contribution is 7.70. The van der Waals surface area contributed by atoms with E-state index < -0.39 is 28.8 Å². The summed E-state index contributed by atoms with van der Waals surface area (Å²) < 4.78 is 29.1. The van der Waals surface area contributed by atoms with Crippen molar-refractivity contribution in [3.63, 3.8) is 0 Å². The quantitative estimate of drug-likeness (QED) is 0.346. The molecule has 0 atom stereocenters. The maximum Gasteiger partial charge on any atom is 0.340 e. The molecule has 0 aromatic heterocycles. The zero-order valence-corrected chi connectivity index (χ0v) is 9.67. The van der Waals surface area contributed by atoms with E-state index in [1.54, 1.807) is 0 Å². The minimum Gasteiger partial charge on any atom is -0.326 e. The number of hydrogen-bond acceptors (Lipinski definition) is 3. The third-order valence-electron chi connectivity index (χ3n) is 0.974. The third-order valence-corrected chi connectivity index (χ3v) is 4.73. The Hall–Kier alpha value is 0.450. The Balaban J connectivity index is 0. The van der Waals surface area contributed by atoms with Gasteiger partial charge in [-0.15, -0.1) is 0 Å². The van der Waals surface area contributed by atoms with Gasteiger partial charge in [-0.1, -0.05) is 0 Å². The van der Waals surface area contributed by atoms with Gasteiger partial charge in [0.05, 0.1) is 0 Å². The lowest BCUT2D eigenvalue weighted by molar-refractivity contribution is 0.342. The van der Waals surface area contributed by atoms with E-state index in [1.165, 1.54) is 0 Å². The summed E-state index contributed by atoms with van der Waals surface area (Å²) in [6.45, 7) is 0.807. The fraction of sp³-hybridized carbons (Fsp3) is 1.00. The van der Waals surface area contributed by atoms with E-state index in [-0.39, 0.29) is 0 Å². The topological polar surface area (TPSA) is 173 Å². The van der Waals surface area contributed by atoms with Crippen molar-refractivity contribution in [3.8, 4) is 0 Å². The lowest BCUT2D eigenvalue weighted by atomic mass is 11.0. The first kappa shape index (κ1) is 16.9. The van der Waals surface area contributed by atoms with Crippen molar-refractivity contribution >= 4 is 23.4 Å². The van der Waals surface area contributed by atoms with Gasteiger partial charge in [-0.2, -0.15) is 0 Å². The van der Waals surface area contributed by atoms with Crippen molar-refractivity contribution in [1.29, 1.82) is 0 Å². The van der Waals surface area contributed by atoms with Crippen molar-refractivity contribution < 1.29 is 43.1 Å². The van der Waals surface area contributed by atoms with Gasteiger partial charge in [0.25, 0.3) is 0 Å². The van der Waals surface area contributed by atoms with E-state index in [9.17, 15) is 9.13 Å². The highest BCUT2D eigenvalue weighted by atomic mass is 31.2. The molecule has 0 saturated carbocycles. The minimum atomic E-state index is -4.64. The average molecular weight is 272 g/mol. The van der Waals surface area contributed by atoms with Gasteiger partial charge >= 0.3 is 23.4 Å². The summed E-state index contributed by atoms with van der Waals surface area (Å²) in [5, 5.41) is -1.90. The Labute approximate surface area is 79.7 Å². The Morgan fingerprint density at radius 2 is 1.14 bits per heavy atom. The van der Waals surface area contributed by atoms with E-state index in [0.717, 1.165) is 6.92 Å². The van der Waals surface area contributed by atoms with E-state index in [0.29, 0.717) is 0 Å². The highest BCUT2D eigenvalue weighted by Gasteiger charge is 2.38. The fourth-order valence-corrected chi connectivity index (χ4v) is 1.76. The first-order chi connectivity index (χ1) is 5.89. The van der Waals surface area contributed by atoms with Crippen molar-refractivity contribution in [3.05, 3.63) is 0 Å². The van der Waals surface area contributed by atoms with Crippen LogP contribution in [0.25, 0.3) is 0 Å². The summed E-state index contributed by atoms with van der Waals surface area (Å²) in [7, 11) is -12.4. The fourth-order valence-electron chi connectivity index (χ4n) is 0.196. The lowest BCUT2D eigenvalue weighted by Crippen LogP contribution is -2.02. The summed E-state index contributed by atoms with van der Waals surface area (Å²) in [6, 6.07) is 0. The second-order valence-electron chi connectivity index (χ2n) is 2.09. The summed E-state index contributed by atoms with van der Waals surface area (Å²) in [5.74, 6) is 0. The van der Waals surface area contributed by atoms with Gasteiger partial charge < -0.3 is 29.4 Å². The molecular formula is C2H11O9P3. The van der Waals surface area contributed by atoms with Crippen LogP contribution in [-0.2, 0) is 13.7 Å². The molecule has 0 aliphatic heterocycles. The molecular weight excluding hydrogens is 261 g/mol. The van der Waals surface area contributed by atoms with Crippen LogP contribution < -0.4 is 0 Å². The smallest absolute Gasteiger partial charge is 0.326 e. The molecule has 0 saturated heterocycles. The maximum absolute atomic E-state index is 10.2. The number of hydrogen-bond donors (Lipinski definition) is 6. The van der Waals surface area contributed by atoms with Gasteiger partial charge in [-0.3, -0.25) is 13.7 Å². The molecule has 12 heteroatoms. The summed E-state index contributed by atoms with van der Waals surface area (Å²) in [4.78, 5) is 47.3. The lowest BCUT2D eigenvalue weighted by Gasteiger charge is -2.13. The molecule has 0 heterocycles. The van der Waals surface area contributed by atoms with Crippen molar-refractivity contribution in [1.82, 2.24) is 0 Å². The third kappa shape index (κ3) is 10.5. The molecule has 0 aromatic carbocycles. The van der Waals surface area contributed by atoms with E-state index in [2.05, 4.69) is 0 Å². The summed E-state index contributed by atoms with van der Waals surface area (Å²) in [6.07, 6.45) is 0. The molecule has 9 nitrogen and oxygen atoms in total. The SMILES string of the molecule is CC(P(=O)(O)O)P(=O)(O)O.O=[PH](O)O. The van der Waals surface area contributed by atoms with Crippen LogP contribution in [0.3, 0.4) is 0 Å². The molecule has 6 N–H and O–H groups in total. The molecule has 0 rings (SSSR count). The Morgan fingerprint density at radius 3 is 1.14 bits per heavy atom. The molecule has 0 aliphatic rings. The molecule has 88 valence electrons. The summed E-state index contributed by atoms with van der Waals surface area (Å²) >= 11 is 0. The van der Waals surface area contributed by atoms with Gasteiger partial charge in [0.1, 0.15) is 0 Å². The largest absolute Gasteiger partial charge is 0.340 e. The van der Waals surface area contributed by atoms with Gasteiger partial charge in [0.2, 0.25) is 0 Å². The Bertz CT molecular complexity index is 246.